The molecular formula is C10H15N3O. The van der Waals surface area contributed by atoms with Crippen molar-refractivity contribution in [3.63, 3.8) is 0 Å². The number of rotatable bonds is 2. The molecular weight excluding hydrogens is 178 g/mol. The first-order valence-electron chi connectivity index (χ1n) is 4.92. The van der Waals surface area contributed by atoms with Crippen molar-refractivity contribution < 1.29 is 4.74 Å². The Bertz CT molecular complexity index is 307. The molecule has 4 nitrogen and oxygen atoms in total. The Morgan fingerprint density at radius 3 is 3.21 bits per heavy atom. The number of nitrogens with zero attached hydrogens (tertiary/aromatic N) is 1. The molecule has 0 saturated carbocycles. The highest BCUT2D eigenvalue weighted by atomic mass is 16.5. The number of aromatic amines is 1. The summed E-state index contributed by atoms with van der Waals surface area (Å²) in [7, 11) is 0. The summed E-state index contributed by atoms with van der Waals surface area (Å²) in [6.07, 6.45) is 5.67. The van der Waals surface area contributed by atoms with Gasteiger partial charge in [-0.05, 0) is 19.8 Å². The maximum Gasteiger partial charge on any atom is 0.0861 e. The highest BCUT2D eigenvalue weighted by Crippen LogP contribution is 2.31. The largest absolute Gasteiger partial charge is 0.373 e. The lowest BCUT2D eigenvalue weighted by molar-refractivity contribution is 0.00266. The fraction of sp³-hybridized carbons (Fsp3) is 0.600. The van der Waals surface area contributed by atoms with Crippen molar-refractivity contribution >= 4 is 5.71 Å². The van der Waals surface area contributed by atoms with Crippen molar-refractivity contribution in [1.29, 1.82) is 5.41 Å². The van der Waals surface area contributed by atoms with Gasteiger partial charge in [0, 0.05) is 30.0 Å². The number of ether oxygens (including phenoxy) is 1. The van der Waals surface area contributed by atoms with Crippen LogP contribution in [-0.2, 0) is 4.74 Å². The third-order valence-electron chi connectivity index (χ3n) is 2.79. The molecule has 2 atom stereocenters. The molecule has 0 aliphatic carbocycles. The van der Waals surface area contributed by atoms with Crippen LogP contribution in [0, 0.1) is 11.3 Å². The van der Waals surface area contributed by atoms with Crippen LogP contribution in [-0.4, -0.2) is 22.5 Å². The van der Waals surface area contributed by atoms with Gasteiger partial charge in [0.05, 0.1) is 12.3 Å². The molecule has 0 unspecified atom stereocenters. The van der Waals surface area contributed by atoms with Crippen LogP contribution in [0.3, 0.4) is 0 Å². The Hall–Kier alpha value is -1.16. The molecule has 0 bridgehead atoms. The van der Waals surface area contributed by atoms with Gasteiger partial charge in [0.15, 0.2) is 0 Å². The van der Waals surface area contributed by atoms with E-state index in [1.54, 1.807) is 6.20 Å². The van der Waals surface area contributed by atoms with Crippen LogP contribution in [0.1, 0.15) is 31.4 Å². The molecule has 1 fully saturated rings. The second-order valence-electron chi connectivity index (χ2n) is 3.80. The molecule has 2 rings (SSSR count). The Morgan fingerprint density at radius 2 is 2.57 bits per heavy atom. The minimum absolute atomic E-state index is 0.118. The van der Waals surface area contributed by atoms with Gasteiger partial charge in [-0.2, -0.15) is 5.10 Å². The van der Waals surface area contributed by atoms with Gasteiger partial charge in [0.2, 0.25) is 0 Å². The lowest BCUT2D eigenvalue weighted by Gasteiger charge is -2.28. The van der Waals surface area contributed by atoms with E-state index < -0.39 is 0 Å². The molecule has 76 valence electrons. The van der Waals surface area contributed by atoms with Gasteiger partial charge in [0.25, 0.3) is 0 Å². The molecule has 1 aromatic rings. The van der Waals surface area contributed by atoms with Crippen LogP contribution in [0.4, 0.5) is 0 Å². The monoisotopic (exact) mass is 193 g/mol. The summed E-state index contributed by atoms with van der Waals surface area (Å²) >= 11 is 0. The fourth-order valence-corrected chi connectivity index (χ4v) is 1.86. The quantitative estimate of drug-likeness (QED) is 0.705. The maximum absolute atomic E-state index is 7.63. The second-order valence-corrected chi connectivity index (χ2v) is 3.80. The first-order valence-corrected chi connectivity index (χ1v) is 4.92. The van der Waals surface area contributed by atoms with Crippen LogP contribution in [0.2, 0.25) is 0 Å². The summed E-state index contributed by atoms with van der Waals surface area (Å²) in [5.74, 6) is 0.378. The normalized spacial score (nSPS) is 27.5. The molecule has 4 heteroatoms. The first kappa shape index (κ1) is 9.40. The van der Waals surface area contributed by atoms with E-state index >= 15 is 0 Å². The standard InChI is InChI=1S/C10H15N3O/c1-7(11)8-2-3-14-10(4-8)9-5-12-13-6-9/h5-6,8,10-11H,2-4H2,1H3,(H,12,13)/t8-,10+/m0/s1. The van der Waals surface area contributed by atoms with E-state index in [0.717, 1.165) is 30.7 Å². The van der Waals surface area contributed by atoms with Gasteiger partial charge in [-0.25, -0.2) is 0 Å². The number of hydrogen-bond donors (Lipinski definition) is 2. The molecule has 0 amide bonds. The zero-order valence-electron chi connectivity index (χ0n) is 8.29. The molecule has 0 radical (unpaired) electrons. The predicted octanol–water partition coefficient (Wildman–Crippen LogP) is 1.92. The maximum atomic E-state index is 7.63. The van der Waals surface area contributed by atoms with Crippen LogP contribution < -0.4 is 0 Å². The molecule has 1 aliphatic rings. The highest BCUT2D eigenvalue weighted by molar-refractivity contribution is 5.81. The molecule has 2 N–H and O–H groups in total. The van der Waals surface area contributed by atoms with E-state index in [9.17, 15) is 0 Å². The minimum atomic E-state index is 0.118. The summed E-state index contributed by atoms with van der Waals surface area (Å²) in [5, 5.41) is 14.3. The molecule has 0 spiro atoms. The number of nitrogens with one attached hydrogen (secondary N) is 2. The lowest BCUT2D eigenvalue weighted by Crippen LogP contribution is -2.23. The second kappa shape index (κ2) is 3.92. The topological polar surface area (TPSA) is 61.8 Å². The van der Waals surface area contributed by atoms with Gasteiger partial charge < -0.3 is 10.1 Å². The fourth-order valence-electron chi connectivity index (χ4n) is 1.86. The third-order valence-corrected chi connectivity index (χ3v) is 2.79. The Kier molecular flexibility index (Phi) is 2.63. The van der Waals surface area contributed by atoms with Crippen LogP contribution in [0.15, 0.2) is 12.4 Å². The third kappa shape index (κ3) is 1.85. The molecule has 0 aromatic carbocycles. The van der Waals surface area contributed by atoms with Crippen LogP contribution in [0.5, 0.6) is 0 Å². The number of hydrogen-bond acceptors (Lipinski definition) is 3. The highest BCUT2D eigenvalue weighted by Gasteiger charge is 2.25. The Morgan fingerprint density at radius 1 is 1.71 bits per heavy atom. The van der Waals surface area contributed by atoms with E-state index in [2.05, 4.69) is 10.2 Å². The predicted molar refractivity (Wildman–Crippen MR) is 53.4 cm³/mol. The smallest absolute Gasteiger partial charge is 0.0861 e. The van der Waals surface area contributed by atoms with E-state index in [0.29, 0.717) is 5.92 Å². The zero-order chi connectivity index (χ0) is 9.97. The van der Waals surface area contributed by atoms with Gasteiger partial charge in [0.1, 0.15) is 0 Å². The number of aromatic nitrogens is 2. The van der Waals surface area contributed by atoms with E-state index in [-0.39, 0.29) is 6.10 Å². The van der Waals surface area contributed by atoms with Crippen molar-refractivity contribution in [2.45, 2.75) is 25.9 Å². The van der Waals surface area contributed by atoms with Gasteiger partial charge in [-0.15, -0.1) is 0 Å². The van der Waals surface area contributed by atoms with Crippen molar-refractivity contribution in [1.82, 2.24) is 10.2 Å². The van der Waals surface area contributed by atoms with E-state index in [4.69, 9.17) is 10.1 Å². The molecule has 14 heavy (non-hydrogen) atoms. The SMILES string of the molecule is CC(=N)[C@H]1CCO[C@@H](c2cn[nH]c2)C1. The number of H-pyrrole nitrogens is 1. The van der Waals surface area contributed by atoms with Gasteiger partial charge >= 0.3 is 0 Å². The molecule has 1 aromatic heterocycles. The zero-order valence-corrected chi connectivity index (χ0v) is 8.29. The Labute approximate surface area is 83.2 Å². The summed E-state index contributed by atoms with van der Waals surface area (Å²) < 4.78 is 5.65. The van der Waals surface area contributed by atoms with Crippen LogP contribution >= 0.6 is 0 Å². The van der Waals surface area contributed by atoms with Crippen molar-refractivity contribution in [3.05, 3.63) is 18.0 Å². The average Bonchev–Trinajstić information content (AvgIpc) is 2.71. The Balaban J connectivity index is 2.04. The average molecular weight is 193 g/mol. The lowest BCUT2D eigenvalue weighted by atomic mass is 9.90. The van der Waals surface area contributed by atoms with Crippen molar-refractivity contribution in [3.8, 4) is 0 Å². The minimum Gasteiger partial charge on any atom is -0.373 e. The molecule has 2 heterocycles. The summed E-state index contributed by atoms with van der Waals surface area (Å²) in [6.45, 7) is 2.62. The van der Waals surface area contributed by atoms with Gasteiger partial charge in [-0.1, -0.05) is 0 Å². The summed E-state index contributed by atoms with van der Waals surface area (Å²) in [5.41, 5.74) is 1.86. The van der Waals surface area contributed by atoms with Gasteiger partial charge in [-0.3, -0.25) is 5.10 Å². The summed E-state index contributed by atoms with van der Waals surface area (Å²) in [6, 6.07) is 0. The van der Waals surface area contributed by atoms with Crippen molar-refractivity contribution in [2.24, 2.45) is 5.92 Å². The van der Waals surface area contributed by atoms with E-state index in [1.165, 1.54) is 0 Å². The molecule has 1 aliphatic heterocycles. The van der Waals surface area contributed by atoms with E-state index in [1.807, 2.05) is 13.1 Å². The summed E-state index contributed by atoms with van der Waals surface area (Å²) in [4.78, 5) is 0. The first-order chi connectivity index (χ1) is 6.77. The molecule has 1 saturated heterocycles. The van der Waals surface area contributed by atoms with Crippen LogP contribution in [0.25, 0.3) is 0 Å². The van der Waals surface area contributed by atoms with Crippen molar-refractivity contribution in [2.75, 3.05) is 6.61 Å².